The number of sulfone groups is 1. The van der Waals surface area contributed by atoms with Crippen LogP contribution in [-0.4, -0.2) is 25.5 Å². The number of hydrogen-bond acceptors (Lipinski definition) is 3. The van der Waals surface area contributed by atoms with E-state index in [1.165, 1.54) is 0 Å². The summed E-state index contributed by atoms with van der Waals surface area (Å²) in [5, 5.41) is 0. The van der Waals surface area contributed by atoms with Crippen molar-refractivity contribution in [2.24, 2.45) is 0 Å². The molecule has 1 rings (SSSR count). The zero-order valence-electron chi connectivity index (χ0n) is 10.9. The van der Waals surface area contributed by atoms with Gasteiger partial charge in [0.05, 0.1) is 10.5 Å². The average Bonchev–Trinajstić information content (AvgIpc) is 2.19. The van der Waals surface area contributed by atoms with E-state index in [9.17, 15) is 8.42 Å². The molecule has 0 aliphatic carbocycles. The van der Waals surface area contributed by atoms with Gasteiger partial charge in [0.1, 0.15) is 12.4 Å². The van der Waals surface area contributed by atoms with E-state index in [2.05, 4.69) is 0 Å². The fourth-order valence-corrected chi connectivity index (χ4v) is 2.13. The summed E-state index contributed by atoms with van der Waals surface area (Å²) in [6.45, 7) is 7.30. The molecule has 17 heavy (non-hydrogen) atoms. The maximum atomic E-state index is 11.8. The van der Waals surface area contributed by atoms with E-state index in [1.54, 1.807) is 20.8 Å². The SMILES string of the molecule is Cc1ccc(OCCS(=O)(=O)C(C)(C)C)cc1. The van der Waals surface area contributed by atoms with Crippen molar-refractivity contribution in [1.82, 2.24) is 0 Å². The molecule has 96 valence electrons. The summed E-state index contributed by atoms with van der Waals surface area (Å²) in [5.41, 5.74) is 1.15. The van der Waals surface area contributed by atoms with Gasteiger partial charge in [-0.3, -0.25) is 0 Å². The molecule has 3 nitrogen and oxygen atoms in total. The predicted molar refractivity (Wildman–Crippen MR) is 70.2 cm³/mol. The van der Waals surface area contributed by atoms with Gasteiger partial charge >= 0.3 is 0 Å². The third kappa shape index (κ3) is 4.04. The highest BCUT2D eigenvalue weighted by atomic mass is 32.2. The number of benzene rings is 1. The topological polar surface area (TPSA) is 43.4 Å². The standard InChI is InChI=1S/C13H20O3S/c1-11-5-7-12(8-6-11)16-9-10-17(14,15)13(2,3)4/h5-8H,9-10H2,1-4H3. The highest BCUT2D eigenvalue weighted by Crippen LogP contribution is 2.17. The minimum absolute atomic E-state index is 0.0460. The first-order chi connectivity index (χ1) is 7.72. The van der Waals surface area contributed by atoms with Crippen LogP contribution in [0.1, 0.15) is 26.3 Å². The highest BCUT2D eigenvalue weighted by molar-refractivity contribution is 7.92. The summed E-state index contributed by atoms with van der Waals surface area (Å²) >= 11 is 0. The number of hydrogen-bond donors (Lipinski definition) is 0. The molecule has 1 aromatic carbocycles. The van der Waals surface area contributed by atoms with Crippen LogP contribution in [0.25, 0.3) is 0 Å². The second-order valence-electron chi connectivity index (χ2n) is 5.09. The van der Waals surface area contributed by atoms with E-state index in [-0.39, 0.29) is 12.4 Å². The second kappa shape index (κ2) is 5.08. The Morgan fingerprint density at radius 3 is 2.12 bits per heavy atom. The Kier molecular flexibility index (Phi) is 4.20. The fourth-order valence-electron chi connectivity index (χ4n) is 1.21. The Morgan fingerprint density at radius 2 is 1.65 bits per heavy atom. The maximum Gasteiger partial charge on any atom is 0.158 e. The summed E-state index contributed by atoms with van der Waals surface area (Å²) in [6, 6.07) is 7.57. The number of ether oxygens (including phenoxy) is 1. The van der Waals surface area contributed by atoms with E-state index in [0.29, 0.717) is 5.75 Å². The molecule has 0 atom stereocenters. The predicted octanol–water partition coefficient (Wildman–Crippen LogP) is 2.59. The van der Waals surface area contributed by atoms with Gasteiger partial charge in [0.25, 0.3) is 0 Å². The summed E-state index contributed by atoms with van der Waals surface area (Å²) in [4.78, 5) is 0. The third-order valence-corrected chi connectivity index (χ3v) is 5.14. The summed E-state index contributed by atoms with van der Waals surface area (Å²) in [7, 11) is -3.10. The molecule has 0 radical (unpaired) electrons. The monoisotopic (exact) mass is 256 g/mol. The van der Waals surface area contributed by atoms with Gasteiger partial charge in [-0.25, -0.2) is 8.42 Å². The van der Waals surface area contributed by atoms with Gasteiger partial charge in [0, 0.05) is 0 Å². The maximum absolute atomic E-state index is 11.8. The van der Waals surface area contributed by atoms with Crippen molar-refractivity contribution in [3.63, 3.8) is 0 Å². The van der Waals surface area contributed by atoms with Gasteiger partial charge in [0.15, 0.2) is 9.84 Å². The lowest BCUT2D eigenvalue weighted by Crippen LogP contribution is -2.32. The van der Waals surface area contributed by atoms with Gasteiger partial charge in [-0.2, -0.15) is 0 Å². The molecule has 0 aromatic heterocycles. The highest BCUT2D eigenvalue weighted by Gasteiger charge is 2.28. The molecule has 0 aliphatic heterocycles. The van der Waals surface area contributed by atoms with E-state index in [1.807, 2.05) is 31.2 Å². The normalized spacial score (nSPS) is 12.5. The van der Waals surface area contributed by atoms with Gasteiger partial charge in [-0.05, 0) is 39.8 Å². The van der Waals surface area contributed by atoms with Crippen molar-refractivity contribution < 1.29 is 13.2 Å². The van der Waals surface area contributed by atoms with Crippen molar-refractivity contribution in [3.8, 4) is 5.75 Å². The largest absolute Gasteiger partial charge is 0.493 e. The van der Waals surface area contributed by atoms with E-state index >= 15 is 0 Å². The van der Waals surface area contributed by atoms with Crippen LogP contribution in [0, 0.1) is 6.92 Å². The molecular weight excluding hydrogens is 236 g/mol. The van der Waals surface area contributed by atoms with Crippen molar-refractivity contribution in [2.75, 3.05) is 12.4 Å². The first-order valence-electron chi connectivity index (χ1n) is 5.64. The van der Waals surface area contributed by atoms with Gasteiger partial charge in [-0.15, -0.1) is 0 Å². The molecule has 0 unspecified atom stereocenters. The Labute approximate surface area is 104 Å². The molecule has 0 N–H and O–H groups in total. The fraction of sp³-hybridized carbons (Fsp3) is 0.538. The van der Waals surface area contributed by atoms with Gasteiger partial charge in [-0.1, -0.05) is 17.7 Å². The average molecular weight is 256 g/mol. The van der Waals surface area contributed by atoms with E-state index in [0.717, 1.165) is 5.56 Å². The Balaban J connectivity index is 2.52. The summed E-state index contributed by atoms with van der Waals surface area (Å²) in [6.07, 6.45) is 0. The van der Waals surface area contributed by atoms with E-state index < -0.39 is 14.6 Å². The van der Waals surface area contributed by atoms with E-state index in [4.69, 9.17) is 4.74 Å². The first kappa shape index (κ1) is 14.0. The molecular formula is C13H20O3S. The molecule has 0 bridgehead atoms. The van der Waals surface area contributed by atoms with Gasteiger partial charge < -0.3 is 4.74 Å². The Bertz CT molecular complexity index is 452. The molecule has 4 heteroatoms. The van der Waals surface area contributed by atoms with Gasteiger partial charge in [0.2, 0.25) is 0 Å². The molecule has 0 amide bonds. The molecule has 1 aromatic rings. The lowest BCUT2D eigenvalue weighted by Gasteiger charge is -2.19. The first-order valence-corrected chi connectivity index (χ1v) is 7.29. The van der Waals surface area contributed by atoms with Crippen LogP contribution in [0.4, 0.5) is 0 Å². The minimum Gasteiger partial charge on any atom is -0.493 e. The van der Waals surface area contributed by atoms with Crippen LogP contribution >= 0.6 is 0 Å². The smallest absolute Gasteiger partial charge is 0.158 e. The lowest BCUT2D eigenvalue weighted by molar-refractivity contribution is 0.339. The Morgan fingerprint density at radius 1 is 1.12 bits per heavy atom. The zero-order valence-corrected chi connectivity index (χ0v) is 11.7. The van der Waals surface area contributed by atoms with Crippen molar-refractivity contribution in [2.45, 2.75) is 32.4 Å². The second-order valence-corrected chi connectivity index (χ2v) is 7.96. The van der Waals surface area contributed by atoms with Crippen LogP contribution in [-0.2, 0) is 9.84 Å². The summed E-state index contributed by atoms with van der Waals surface area (Å²) in [5.74, 6) is 0.754. The molecule has 0 saturated carbocycles. The number of rotatable bonds is 4. The quantitative estimate of drug-likeness (QED) is 0.831. The van der Waals surface area contributed by atoms with Crippen LogP contribution < -0.4 is 4.74 Å². The summed E-state index contributed by atoms with van der Waals surface area (Å²) < 4.78 is 28.3. The minimum atomic E-state index is -3.10. The molecule has 0 saturated heterocycles. The van der Waals surface area contributed by atoms with Crippen molar-refractivity contribution in [3.05, 3.63) is 29.8 Å². The third-order valence-electron chi connectivity index (χ3n) is 2.57. The lowest BCUT2D eigenvalue weighted by atomic mass is 10.2. The molecule has 0 heterocycles. The molecule has 0 spiro atoms. The molecule has 0 aliphatic rings. The molecule has 0 fully saturated rings. The van der Waals surface area contributed by atoms with Crippen LogP contribution in [0.2, 0.25) is 0 Å². The van der Waals surface area contributed by atoms with Crippen LogP contribution in [0.15, 0.2) is 24.3 Å². The van der Waals surface area contributed by atoms with Crippen molar-refractivity contribution >= 4 is 9.84 Å². The number of aryl methyl sites for hydroxylation is 1. The van der Waals surface area contributed by atoms with Crippen molar-refractivity contribution in [1.29, 1.82) is 0 Å². The van der Waals surface area contributed by atoms with Crippen LogP contribution in [0.3, 0.4) is 0 Å². The zero-order chi connectivity index (χ0) is 13.1. The van der Waals surface area contributed by atoms with Crippen LogP contribution in [0.5, 0.6) is 5.75 Å². The Hall–Kier alpha value is -1.03.